The second-order valence-corrected chi connectivity index (χ2v) is 7.93. The molecule has 0 saturated heterocycles. The summed E-state index contributed by atoms with van der Waals surface area (Å²) in [6.07, 6.45) is -0.969. The number of hydrogen-bond acceptors (Lipinski definition) is 10. The first-order valence-electron chi connectivity index (χ1n) is 10.4. The molecular weight excluding hydrogens is 412 g/mol. The summed E-state index contributed by atoms with van der Waals surface area (Å²) in [5.41, 5.74) is -1.30. The van der Waals surface area contributed by atoms with Crippen LogP contribution in [-0.4, -0.2) is 100 Å². The molecule has 4 unspecified atom stereocenters. The van der Waals surface area contributed by atoms with Crippen molar-refractivity contribution < 1.29 is 48.2 Å². The summed E-state index contributed by atoms with van der Waals surface area (Å²) in [5, 5.41) is 19.4. The lowest BCUT2D eigenvalue weighted by Gasteiger charge is -2.29. The Kier molecular flexibility index (Phi) is 15.7. The van der Waals surface area contributed by atoms with Gasteiger partial charge in [0.2, 0.25) is 0 Å². The summed E-state index contributed by atoms with van der Waals surface area (Å²) in [6.45, 7) is 6.16. The molecule has 184 valence electrons. The van der Waals surface area contributed by atoms with E-state index in [2.05, 4.69) is 0 Å². The molecule has 2 N–H and O–H groups in total. The van der Waals surface area contributed by atoms with Gasteiger partial charge in [-0.05, 0) is 27.7 Å². The highest BCUT2D eigenvalue weighted by atomic mass is 16.6. The largest absolute Gasteiger partial charge is 0.465 e. The van der Waals surface area contributed by atoms with E-state index < -0.39 is 30.6 Å². The first-order valence-corrected chi connectivity index (χ1v) is 10.4. The Balaban J connectivity index is 4.44. The molecule has 0 amide bonds. The molecule has 10 heteroatoms. The summed E-state index contributed by atoms with van der Waals surface area (Å²) < 4.78 is 31.5. The molecule has 0 aliphatic carbocycles. The number of carbonyl (C=O) groups is 2. The zero-order chi connectivity index (χ0) is 23.9. The molecule has 0 aliphatic rings. The molecule has 31 heavy (non-hydrogen) atoms. The second kappa shape index (κ2) is 16.3. The summed E-state index contributed by atoms with van der Waals surface area (Å²) in [5.74, 6) is -1.10. The maximum atomic E-state index is 12.1. The van der Waals surface area contributed by atoms with E-state index in [1.807, 2.05) is 13.8 Å². The molecule has 0 fully saturated rings. The van der Waals surface area contributed by atoms with Gasteiger partial charge in [0, 0.05) is 14.2 Å². The zero-order valence-corrected chi connectivity index (χ0v) is 19.6. The Morgan fingerprint density at radius 1 is 0.710 bits per heavy atom. The predicted molar refractivity (Wildman–Crippen MR) is 112 cm³/mol. The van der Waals surface area contributed by atoms with Crippen molar-refractivity contribution in [2.75, 3.05) is 53.9 Å². The fourth-order valence-corrected chi connectivity index (χ4v) is 2.18. The summed E-state index contributed by atoms with van der Waals surface area (Å²) in [4.78, 5) is 24.1. The first kappa shape index (κ1) is 29.7. The average Bonchev–Trinajstić information content (AvgIpc) is 2.76. The van der Waals surface area contributed by atoms with Crippen molar-refractivity contribution in [1.29, 1.82) is 0 Å². The van der Waals surface area contributed by atoms with Crippen molar-refractivity contribution in [3.63, 3.8) is 0 Å². The van der Waals surface area contributed by atoms with Gasteiger partial charge in [0.05, 0.1) is 69.1 Å². The molecule has 0 radical (unpaired) electrons. The van der Waals surface area contributed by atoms with Crippen molar-refractivity contribution in [3.05, 3.63) is 0 Å². The Hall–Kier alpha value is -1.30. The van der Waals surface area contributed by atoms with Gasteiger partial charge in [0.25, 0.3) is 0 Å². The monoisotopic (exact) mass is 452 g/mol. The van der Waals surface area contributed by atoms with Crippen LogP contribution in [0.3, 0.4) is 0 Å². The van der Waals surface area contributed by atoms with Gasteiger partial charge in [-0.3, -0.25) is 9.59 Å². The van der Waals surface area contributed by atoms with Gasteiger partial charge in [0.1, 0.15) is 13.2 Å². The van der Waals surface area contributed by atoms with Crippen LogP contribution in [0.25, 0.3) is 0 Å². The lowest BCUT2D eigenvalue weighted by atomic mass is 9.92. The van der Waals surface area contributed by atoms with Gasteiger partial charge in [-0.15, -0.1) is 0 Å². The van der Waals surface area contributed by atoms with E-state index in [4.69, 9.17) is 28.4 Å². The van der Waals surface area contributed by atoms with Gasteiger partial charge in [-0.1, -0.05) is 0 Å². The maximum absolute atomic E-state index is 12.1. The van der Waals surface area contributed by atoms with Gasteiger partial charge in [0.15, 0.2) is 0 Å². The van der Waals surface area contributed by atoms with Gasteiger partial charge >= 0.3 is 11.9 Å². The normalized spacial score (nSPS) is 15.7. The van der Waals surface area contributed by atoms with Crippen LogP contribution in [0.1, 0.15) is 40.5 Å². The minimum Gasteiger partial charge on any atom is -0.465 e. The molecule has 0 bridgehead atoms. The zero-order valence-electron chi connectivity index (χ0n) is 19.6. The standard InChI is InChI=1S/C21H40O10/c1-15(28-9-17(3)26-5)7-19(24)30-13-21(11-22,12-23)14-31-20(25)8-16(2)29-10-18(4)27-6/h15-18,22-23H,7-14H2,1-6H3. The lowest BCUT2D eigenvalue weighted by Crippen LogP contribution is -2.41. The molecule has 0 aromatic rings. The molecule has 4 atom stereocenters. The van der Waals surface area contributed by atoms with Crippen LogP contribution in [0.15, 0.2) is 0 Å². The molecule has 0 aromatic carbocycles. The van der Waals surface area contributed by atoms with Gasteiger partial charge < -0.3 is 38.6 Å². The molecule has 0 spiro atoms. The van der Waals surface area contributed by atoms with Crippen LogP contribution in [-0.2, 0) is 38.0 Å². The van der Waals surface area contributed by atoms with Crippen molar-refractivity contribution >= 4 is 11.9 Å². The highest BCUT2D eigenvalue weighted by molar-refractivity contribution is 5.70. The molecule has 0 rings (SSSR count). The summed E-state index contributed by atoms with van der Waals surface area (Å²) in [7, 11) is 3.14. The van der Waals surface area contributed by atoms with E-state index >= 15 is 0 Å². The predicted octanol–water partition coefficient (Wildman–Crippen LogP) is 0.704. The fourth-order valence-electron chi connectivity index (χ4n) is 2.18. The average molecular weight is 453 g/mol. The topological polar surface area (TPSA) is 130 Å². The number of ether oxygens (including phenoxy) is 6. The van der Waals surface area contributed by atoms with E-state index in [1.165, 1.54) is 0 Å². The number of hydrogen-bond donors (Lipinski definition) is 2. The Bertz CT molecular complexity index is 455. The van der Waals surface area contributed by atoms with E-state index in [9.17, 15) is 19.8 Å². The summed E-state index contributed by atoms with van der Waals surface area (Å²) >= 11 is 0. The van der Waals surface area contributed by atoms with Gasteiger partial charge in [-0.2, -0.15) is 0 Å². The van der Waals surface area contributed by atoms with Crippen molar-refractivity contribution in [3.8, 4) is 0 Å². The van der Waals surface area contributed by atoms with Crippen LogP contribution in [0.2, 0.25) is 0 Å². The van der Waals surface area contributed by atoms with E-state index in [0.29, 0.717) is 13.2 Å². The number of aliphatic hydroxyl groups excluding tert-OH is 2. The van der Waals surface area contributed by atoms with Crippen LogP contribution in [0.5, 0.6) is 0 Å². The number of methoxy groups -OCH3 is 2. The minimum atomic E-state index is -1.30. The van der Waals surface area contributed by atoms with Crippen molar-refractivity contribution in [2.45, 2.75) is 65.0 Å². The highest BCUT2D eigenvalue weighted by Crippen LogP contribution is 2.18. The second-order valence-electron chi connectivity index (χ2n) is 7.93. The summed E-state index contributed by atoms with van der Waals surface area (Å²) in [6, 6.07) is 0. The van der Waals surface area contributed by atoms with Crippen LogP contribution in [0.4, 0.5) is 0 Å². The number of carbonyl (C=O) groups excluding carboxylic acids is 2. The van der Waals surface area contributed by atoms with Crippen LogP contribution < -0.4 is 0 Å². The minimum absolute atomic E-state index is 0.00207. The van der Waals surface area contributed by atoms with E-state index in [0.717, 1.165) is 0 Å². The molecule has 0 aliphatic heterocycles. The lowest BCUT2D eigenvalue weighted by molar-refractivity contribution is -0.162. The van der Waals surface area contributed by atoms with Crippen LogP contribution >= 0.6 is 0 Å². The highest BCUT2D eigenvalue weighted by Gasteiger charge is 2.33. The third kappa shape index (κ3) is 13.7. The fraction of sp³-hybridized carbons (Fsp3) is 0.905. The molecule has 10 nitrogen and oxygen atoms in total. The molecular formula is C21H40O10. The van der Waals surface area contributed by atoms with E-state index in [-0.39, 0.29) is 50.5 Å². The van der Waals surface area contributed by atoms with E-state index in [1.54, 1.807) is 28.1 Å². The Labute approximate surface area is 185 Å². The SMILES string of the molecule is COC(C)COC(C)CC(=O)OCC(CO)(CO)COC(=O)CC(C)OCC(C)OC. The van der Waals surface area contributed by atoms with Crippen LogP contribution in [0, 0.1) is 5.41 Å². The first-order chi connectivity index (χ1) is 14.6. The number of rotatable bonds is 18. The Morgan fingerprint density at radius 2 is 1.06 bits per heavy atom. The third-order valence-electron chi connectivity index (χ3n) is 4.69. The molecule has 0 aromatic heterocycles. The van der Waals surface area contributed by atoms with Gasteiger partial charge in [-0.25, -0.2) is 0 Å². The Morgan fingerprint density at radius 3 is 1.35 bits per heavy atom. The quantitative estimate of drug-likeness (QED) is 0.287. The molecule has 0 saturated carbocycles. The maximum Gasteiger partial charge on any atom is 0.308 e. The molecule has 0 heterocycles. The smallest absolute Gasteiger partial charge is 0.308 e. The number of esters is 2. The number of aliphatic hydroxyl groups is 2. The third-order valence-corrected chi connectivity index (χ3v) is 4.69. The van der Waals surface area contributed by atoms with Crippen molar-refractivity contribution in [2.24, 2.45) is 5.41 Å². The van der Waals surface area contributed by atoms with Crippen molar-refractivity contribution in [1.82, 2.24) is 0 Å².